The van der Waals surface area contributed by atoms with Crippen molar-refractivity contribution in [3.63, 3.8) is 0 Å². The van der Waals surface area contributed by atoms with Gasteiger partial charge in [0.05, 0.1) is 5.56 Å². The van der Waals surface area contributed by atoms with E-state index >= 15 is 0 Å². The van der Waals surface area contributed by atoms with E-state index in [0.717, 1.165) is 31.4 Å². The second kappa shape index (κ2) is 6.24. The first-order valence-corrected chi connectivity index (χ1v) is 6.98. The van der Waals surface area contributed by atoms with Crippen molar-refractivity contribution in [3.8, 4) is 5.75 Å². The zero-order valence-electron chi connectivity index (χ0n) is 10.5. The highest BCUT2D eigenvalue weighted by Crippen LogP contribution is 2.32. The average Bonchev–Trinajstić information content (AvgIpc) is 2.86. The number of phenols is 1. The summed E-state index contributed by atoms with van der Waals surface area (Å²) in [4.78, 5) is 11.9. The second-order valence-corrected chi connectivity index (χ2v) is 5.29. The van der Waals surface area contributed by atoms with Gasteiger partial charge in [-0.2, -0.15) is 0 Å². The standard InChI is InChI=1S/C14H17ClFNO2/c15-7-9-2-1-3-10(9)8-17-14(19)12-6-11(16)4-5-13(12)18/h4-6,9-10,18H,1-3,7-8H2,(H,17,19). The fourth-order valence-corrected chi connectivity index (χ4v) is 3.00. The van der Waals surface area contributed by atoms with Crippen LogP contribution in [0.1, 0.15) is 29.6 Å². The number of nitrogens with one attached hydrogen (secondary N) is 1. The Hall–Kier alpha value is -1.29. The lowest BCUT2D eigenvalue weighted by atomic mass is 9.98. The number of aromatic hydroxyl groups is 1. The molecule has 0 radical (unpaired) electrons. The highest BCUT2D eigenvalue weighted by Gasteiger charge is 2.27. The predicted molar refractivity (Wildman–Crippen MR) is 71.9 cm³/mol. The minimum absolute atomic E-state index is 0.0274. The molecule has 3 nitrogen and oxygen atoms in total. The number of halogens is 2. The normalized spacial score (nSPS) is 22.4. The van der Waals surface area contributed by atoms with E-state index in [-0.39, 0.29) is 11.3 Å². The van der Waals surface area contributed by atoms with E-state index in [9.17, 15) is 14.3 Å². The van der Waals surface area contributed by atoms with Crippen LogP contribution in [0.5, 0.6) is 5.75 Å². The third-order valence-corrected chi connectivity index (χ3v) is 4.14. The largest absolute Gasteiger partial charge is 0.507 e. The molecule has 0 spiro atoms. The topological polar surface area (TPSA) is 49.3 Å². The van der Waals surface area contributed by atoms with Gasteiger partial charge in [-0.25, -0.2) is 4.39 Å². The lowest BCUT2D eigenvalue weighted by Crippen LogP contribution is -2.31. The number of carbonyl (C=O) groups excluding carboxylic acids is 1. The molecule has 2 N–H and O–H groups in total. The molecule has 104 valence electrons. The predicted octanol–water partition coefficient (Wildman–Crippen LogP) is 2.92. The minimum Gasteiger partial charge on any atom is -0.507 e. The van der Waals surface area contributed by atoms with Gasteiger partial charge >= 0.3 is 0 Å². The van der Waals surface area contributed by atoms with Crippen LogP contribution in [0.15, 0.2) is 18.2 Å². The highest BCUT2D eigenvalue weighted by molar-refractivity contribution is 6.18. The van der Waals surface area contributed by atoms with Gasteiger partial charge in [-0.3, -0.25) is 4.79 Å². The van der Waals surface area contributed by atoms with E-state index in [4.69, 9.17) is 11.6 Å². The van der Waals surface area contributed by atoms with Gasteiger partial charge in [0.2, 0.25) is 0 Å². The average molecular weight is 286 g/mol. The molecule has 1 aromatic rings. The number of hydrogen-bond acceptors (Lipinski definition) is 2. The fraction of sp³-hybridized carbons (Fsp3) is 0.500. The van der Waals surface area contributed by atoms with Crippen molar-refractivity contribution in [3.05, 3.63) is 29.6 Å². The lowest BCUT2D eigenvalue weighted by Gasteiger charge is -2.17. The summed E-state index contributed by atoms with van der Waals surface area (Å²) in [5.74, 6) is 0.213. The van der Waals surface area contributed by atoms with Gasteiger partial charge in [-0.15, -0.1) is 11.6 Å². The van der Waals surface area contributed by atoms with Crippen LogP contribution in [-0.2, 0) is 0 Å². The van der Waals surface area contributed by atoms with Crippen LogP contribution >= 0.6 is 11.6 Å². The summed E-state index contributed by atoms with van der Waals surface area (Å²) >= 11 is 5.88. The molecule has 19 heavy (non-hydrogen) atoms. The van der Waals surface area contributed by atoms with Gasteiger partial charge in [-0.05, 0) is 42.9 Å². The molecule has 2 rings (SSSR count). The van der Waals surface area contributed by atoms with Crippen molar-refractivity contribution >= 4 is 17.5 Å². The number of phenolic OH excluding ortho intramolecular Hbond substituents is 1. The second-order valence-electron chi connectivity index (χ2n) is 4.98. The third-order valence-electron chi connectivity index (χ3n) is 3.74. The van der Waals surface area contributed by atoms with Gasteiger partial charge < -0.3 is 10.4 Å². The number of carbonyl (C=O) groups is 1. The van der Waals surface area contributed by atoms with Gasteiger partial charge in [-0.1, -0.05) is 6.42 Å². The molecule has 0 heterocycles. The van der Waals surface area contributed by atoms with Gasteiger partial charge in [0.1, 0.15) is 11.6 Å². The Kier molecular flexibility index (Phi) is 4.64. The first kappa shape index (κ1) is 14.1. The Morgan fingerprint density at radius 2 is 2.16 bits per heavy atom. The summed E-state index contributed by atoms with van der Waals surface area (Å²) in [7, 11) is 0. The fourth-order valence-electron chi connectivity index (χ4n) is 2.59. The molecule has 0 bridgehead atoms. The molecule has 2 unspecified atom stereocenters. The van der Waals surface area contributed by atoms with Crippen molar-refractivity contribution in [2.45, 2.75) is 19.3 Å². The van der Waals surface area contributed by atoms with Crippen LogP contribution in [-0.4, -0.2) is 23.4 Å². The van der Waals surface area contributed by atoms with Crippen LogP contribution in [0.4, 0.5) is 4.39 Å². The summed E-state index contributed by atoms with van der Waals surface area (Å²) in [5.41, 5.74) is -0.0274. The molecule has 1 fully saturated rings. The zero-order chi connectivity index (χ0) is 13.8. The third kappa shape index (κ3) is 3.38. The molecular weight excluding hydrogens is 269 g/mol. The van der Waals surface area contributed by atoms with Crippen molar-refractivity contribution in [1.29, 1.82) is 0 Å². The first-order chi connectivity index (χ1) is 9.11. The maximum atomic E-state index is 13.1. The Balaban J connectivity index is 1.96. The molecule has 1 saturated carbocycles. The van der Waals surface area contributed by atoms with E-state index in [1.165, 1.54) is 6.07 Å². The molecule has 1 aromatic carbocycles. The summed E-state index contributed by atoms with van der Waals surface area (Å²) in [6, 6.07) is 3.34. The Morgan fingerprint density at radius 1 is 1.42 bits per heavy atom. The minimum atomic E-state index is -0.539. The highest BCUT2D eigenvalue weighted by atomic mass is 35.5. The van der Waals surface area contributed by atoms with Crippen molar-refractivity contribution in [1.82, 2.24) is 5.32 Å². The maximum absolute atomic E-state index is 13.1. The van der Waals surface area contributed by atoms with Gasteiger partial charge in [0.25, 0.3) is 5.91 Å². The van der Waals surface area contributed by atoms with E-state index in [1.807, 2.05) is 0 Å². The smallest absolute Gasteiger partial charge is 0.255 e. The van der Waals surface area contributed by atoms with Gasteiger partial charge in [0.15, 0.2) is 0 Å². The van der Waals surface area contributed by atoms with Crippen molar-refractivity contribution < 1.29 is 14.3 Å². The monoisotopic (exact) mass is 285 g/mol. The molecule has 1 amide bonds. The molecule has 0 aliphatic heterocycles. The summed E-state index contributed by atoms with van der Waals surface area (Å²) in [6.07, 6.45) is 3.27. The number of hydrogen-bond donors (Lipinski definition) is 2. The van der Waals surface area contributed by atoms with Crippen LogP contribution in [0.3, 0.4) is 0 Å². The van der Waals surface area contributed by atoms with Crippen LogP contribution in [0, 0.1) is 17.7 Å². The van der Waals surface area contributed by atoms with Gasteiger partial charge in [0, 0.05) is 12.4 Å². The molecular formula is C14H17ClFNO2. The SMILES string of the molecule is O=C(NCC1CCCC1CCl)c1cc(F)ccc1O. The quantitative estimate of drug-likeness (QED) is 0.836. The number of rotatable bonds is 4. The van der Waals surface area contributed by atoms with E-state index in [2.05, 4.69) is 5.32 Å². The molecule has 0 saturated heterocycles. The van der Waals surface area contributed by atoms with Crippen LogP contribution < -0.4 is 5.32 Å². The van der Waals surface area contributed by atoms with Crippen LogP contribution in [0.25, 0.3) is 0 Å². The molecule has 1 aliphatic carbocycles. The molecule has 1 aliphatic rings. The number of benzene rings is 1. The number of alkyl halides is 1. The van der Waals surface area contributed by atoms with Crippen LogP contribution in [0.2, 0.25) is 0 Å². The van der Waals surface area contributed by atoms with Crippen molar-refractivity contribution in [2.24, 2.45) is 11.8 Å². The first-order valence-electron chi connectivity index (χ1n) is 6.44. The summed E-state index contributed by atoms with van der Waals surface area (Å²) < 4.78 is 13.1. The molecule has 2 atom stereocenters. The maximum Gasteiger partial charge on any atom is 0.255 e. The zero-order valence-corrected chi connectivity index (χ0v) is 11.3. The number of amides is 1. The molecule has 5 heteroatoms. The van der Waals surface area contributed by atoms with Crippen molar-refractivity contribution in [2.75, 3.05) is 12.4 Å². The van der Waals surface area contributed by atoms with E-state index in [0.29, 0.717) is 24.3 Å². The summed E-state index contributed by atoms with van der Waals surface area (Å²) in [6.45, 7) is 0.520. The Morgan fingerprint density at radius 3 is 2.89 bits per heavy atom. The lowest BCUT2D eigenvalue weighted by molar-refractivity contribution is 0.0941. The summed E-state index contributed by atoms with van der Waals surface area (Å²) in [5, 5.41) is 12.3. The Labute approximate surface area is 116 Å². The van der Waals surface area contributed by atoms with E-state index in [1.54, 1.807) is 0 Å². The molecule has 0 aromatic heterocycles. The Bertz CT molecular complexity index is 467. The van der Waals surface area contributed by atoms with E-state index < -0.39 is 11.7 Å².